The molecule has 1 fully saturated rings. The second-order valence-electron chi connectivity index (χ2n) is 4.76. The number of carbonyl (C=O) groups excluding carboxylic acids is 1. The maximum absolute atomic E-state index is 12.0. The minimum absolute atomic E-state index is 0.0799. The first-order valence-electron chi connectivity index (χ1n) is 6.74. The van der Waals surface area contributed by atoms with Gasteiger partial charge in [0.1, 0.15) is 0 Å². The van der Waals surface area contributed by atoms with E-state index in [1.165, 1.54) is 12.0 Å². The Labute approximate surface area is 108 Å². The summed E-state index contributed by atoms with van der Waals surface area (Å²) in [4.78, 5) is 17.9. The summed E-state index contributed by atoms with van der Waals surface area (Å²) >= 11 is 0. The molecular weight excluding hydrogens is 226 g/mol. The van der Waals surface area contributed by atoms with Gasteiger partial charge in [-0.1, -0.05) is 0 Å². The van der Waals surface area contributed by atoms with Crippen molar-refractivity contribution in [1.29, 1.82) is 0 Å². The van der Waals surface area contributed by atoms with Gasteiger partial charge in [-0.25, -0.2) is 4.79 Å². The number of pyridine rings is 1. The summed E-state index contributed by atoms with van der Waals surface area (Å²) in [6, 6.07) is 4.48. The van der Waals surface area contributed by atoms with E-state index in [1.54, 1.807) is 12.4 Å². The van der Waals surface area contributed by atoms with Gasteiger partial charge in [0, 0.05) is 31.5 Å². The lowest BCUT2D eigenvalue weighted by Crippen LogP contribution is -2.47. The minimum Gasteiger partial charge on any atom is -0.335 e. The first-order valence-corrected chi connectivity index (χ1v) is 6.74. The molecule has 2 amide bonds. The highest BCUT2D eigenvalue weighted by Crippen LogP contribution is 2.18. The largest absolute Gasteiger partial charge is 0.335 e. The zero-order valence-corrected chi connectivity index (χ0v) is 10.9. The Morgan fingerprint density at radius 2 is 2.17 bits per heavy atom. The predicted molar refractivity (Wildman–Crippen MR) is 71.4 cm³/mol. The van der Waals surface area contributed by atoms with E-state index in [2.05, 4.69) is 10.3 Å². The van der Waals surface area contributed by atoms with Crippen molar-refractivity contribution in [1.82, 2.24) is 15.2 Å². The van der Waals surface area contributed by atoms with Gasteiger partial charge in [0.25, 0.3) is 0 Å². The van der Waals surface area contributed by atoms with E-state index in [4.69, 9.17) is 0 Å². The second-order valence-corrected chi connectivity index (χ2v) is 4.76. The SMILES string of the molecule is CCN(CCc1ccncc1)C(=O)NC1CCC1. The van der Waals surface area contributed by atoms with E-state index < -0.39 is 0 Å². The number of carbonyl (C=O) groups is 1. The number of rotatable bonds is 5. The van der Waals surface area contributed by atoms with Crippen molar-refractivity contribution in [3.63, 3.8) is 0 Å². The number of nitrogens with one attached hydrogen (secondary N) is 1. The number of amides is 2. The van der Waals surface area contributed by atoms with Crippen molar-refractivity contribution in [2.75, 3.05) is 13.1 Å². The second kappa shape index (κ2) is 6.38. The fourth-order valence-corrected chi connectivity index (χ4v) is 2.04. The maximum Gasteiger partial charge on any atom is 0.317 e. The fraction of sp³-hybridized carbons (Fsp3) is 0.571. The highest BCUT2D eigenvalue weighted by atomic mass is 16.2. The third-order valence-corrected chi connectivity index (χ3v) is 3.52. The van der Waals surface area contributed by atoms with Gasteiger partial charge in [-0.15, -0.1) is 0 Å². The van der Waals surface area contributed by atoms with Crippen LogP contribution in [0.3, 0.4) is 0 Å². The Hall–Kier alpha value is -1.58. The molecule has 0 atom stereocenters. The van der Waals surface area contributed by atoms with E-state index >= 15 is 0 Å². The lowest BCUT2D eigenvalue weighted by atomic mass is 9.93. The summed E-state index contributed by atoms with van der Waals surface area (Å²) in [7, 11) is 0. The Bertz CT molecular complexity index is 376. The van der Waals surface area contributed by atoms with Crippen LogP contribution in [-0.2, 0) is 6.42 Å². The number of nitrogens with zero attached hydrogens (tertiary/aromatic N) is 2. The molecule has 1 N–H and O–H groups in total. The molecule has 1 heterocycles. The van der Waals surface area contributed by atoms with Crippen molar-refractivity contribution in [2.24, 2.45) is 0 Å². The Balaban J connectivity index is 1.79. The van der Waals surface area contributed by atoms with Crippen LogP contribution in [0.4, 0.5) is 4.79 Å². The number of hydrogen-bond acceptors (Lipinski definition) is 2. The van der Waals surface area contributed by atoms with Gasteiger partial charge < -0.3 is 10.2 Å². The van der Waals surface area contributed by atoms with Crippen LogP contribution < -0.4 is 5.32 Å². The summed E-state index contributed by atoms with van der Waals surface area (Å²) in [5.74, 6) is 0. The maximum atomic E-state index is 12.0. The molecule has 0 saturated heterocycles. The number of aromatic nitrogens is 1. The number of likely N-dealkylation sites (N-methyl/N-ethyl adjacent to an activating group) is 1. The number of hydrogen-bond donors (Lipinski definition) is 1. The van der Waals surface area contributed by atoms with Crippen molar-refractivity contribution < 1.29 is 4.79 Å². The monoisotopic (exact) mass is 247 g/mol. The molecule has 1 aromatic heterocycles. The fourth-order valence-electron chi connectivity index (χ4n) is 2.04. The van der Waals surface area contributed by atoms with Crippen LogP contribution in [0.25, 0.3) is 0 Å². The van der Waals surface area contributed by atoms with E-state index in [9.17, 15) is 4.79 Å². The van der Waals surface area contributed by atoms with Crippen LogP contribution >= 0.6 is 0 Å². The van der Waals surface area contributed by atoms with Crippen LogP contribution in [-0.4, -0.2) is 35.0 Å². The van der Waals surface area contributed by atoms with E-state index in [1.807, 2.05) is 24.0 Å². The highest BCUT2D eigenvalue weighted by Gasteiger charge is 2.21. The minimum atomic E-state index is 0.0799. The summed E-state index contributed by atoms with van der Waals surface area (Å²) in [5.41, 5.74) is 1.22. The zero-order valence-electron chi connectivity index (χ0n) is 10.9. The average Bonchev–Trinajstić information content (AvgIpc) is 2.36. The first kappa shape index (κ1) is 12.9. The number of urea groups is 1. The quantitative estimate of drug-likeness (QED) is 0.867. The molecule has 4 heteroatoms. The molecule has 1 aliphatic rings. The van der Waals surface area contributed by atoms with E-state index in [0.29, 0.717) is 6.04 Å². The average molecular weight is 247 g/mol. The van der Waals surface area contributed by atoms with Gasteiger partial charge in [-0.05, 0) is 50.3 Å². The van der Waals surface area contributed by atoms with Gasteiger partial charge in [-0.2, -0.15) is 0 Å². The lowest BCUT2D eigenvalue weighted by molar-refractivity contribution is 0.189. The standard InChI is InChI=1S/C14H21N3O/c1-2-17(14(18)16-13-4-3-5-13)11-8-12-6-9-15-10-7-12/h6-7,9-10,13H,2-5,8,11H2,1H3,(H,16,18). The molecule has 0 bridgehead atoms. The molecule has 0 aromatic carbocycles. The third-order valence-electron chi connectivity index (χ3n) is 3.52. The normalized spacial score (nSPS) is 14.9. The molecule has 1 saturated carbocycles. The van der Waals surface area contributed by atoms with Crippen LogP contribution in [0.2, 0.25) is 0 Å². The molecular formula is C14H21N3O. The Morgan fingerprint density at radius 3 is 2.72 bits per heavy atom. The highest BCUT2D eigenvalue weighted by molar-refractivity contribution is 5.74. The van der Waals surface area contributed by atoms with Gasteiger partial charge in [0.2, 0.25) is 0 Å². The molecule has 1 aliphatic carbocycles. The van der Waals surface area contributed by atoms with Gasteiger partial charge in [-0.3, -0.25) is 4.98 Å². The van der Waals surface area contributed by atoms with Crippen molar-refractivity contribution in [2.45, 2.75) is 38.6 Å². The van der Waals surface area contributed by atoms with Crippen molar-refractivity contribution in [3.05, 3.63) is 30.1 Å². The molecule has 2 rings (SSSR count). The summed E-state index contributed by atoms with van der Waals surface area (Å²) in [6.45, 7) is 3.54. The smallest absolute Gasteiger partial charge is 0.317 e. The third kappa shape index (κ3) is 3.45. The molecule has 18 heavy (non-hydrogen) atoms. The van der Waals surface area contributed by atoms with Gasteiger partial charge in [0.15, 0.2) is 0 Å². The van der Waals surface area contributed by atoms with Crippen LogP contribution in [0.1, 0.15) is 31.7 Å². The van der Waals surface area contributed by atoms with E-state index in [0.717, 1.165) is 32.4 Å². The Morgan fingerprint density at radius 1 is 1.44 bits per heavy atom. The lowest BCUT2D eigenvalue weighted by Gasteiger charge is -2.30. The summed E-state index contributed by atoms with van der Waals surface area (Å²) < 4.78 is 0. The molecule has 0 radical (unpaired) electrons. The Kier molecular flexibility index (Phi) is 4.56. The molecule has 4 nitrogen and oxygen atoms in total. The topological polar surface area (TPSA) is 45.2 Å². The molecule has 1 aromatic rings. The summed E-state index contributed by atoms with van der Waals surface area (Å²) in [5, 5.41) is 3.08. The molecule has 0 unspecified atom stereocenters. The summed E-state index contributed by atoms with van der Waals surface area (Å²) in [6.07, 6.45) is 7.98. The van der Waals surface area contributed by atoms with Crippen LogP contribution in [0.5, 0.6) is 0 Å². The zero-order chi connectivity index (χ0) is 12.8. The van der Waals surface area contributed by atoms with Crippen molar-refractivity contribution in [3.8, 4) is 0 Å². The van der Waals surface area contributed by atoms with E-state index in [-0.39, 0.29) is 6.03 Å². The predicted octanol–water partition coefficient (Wildman–Crippen LogP) is 2.21. The molecule has 0 aliphatic heterocycles. The molecule has 0 spiro atoms. The van der Waals surface area contributed by atoms with Gasteiger partial charge >= 0.3 is 6.03 Å². The van der Waals surface area contributed by atoms with Crippen LogP contribution in [0.15, 0.2) is 24.5 Å². The van der Waals surface area contributed by atoms with Gasteiger partial charge in [0.05, 0.1) is 0 Å². The van der Waals surface area contributed by atoms with Crippen molar-refractivity contribution >= 4 is 6.03 Å². The first-order chi connectivity index (χ1) is 8.79. The van der Waals surface area contributed by atoms with Crippen LogP contribution in [0, 0.1) is 0 Å². The molecule has 98 valence electrons.